The minimum absolute atomic E-state index is 0.107. The van der Waals surface area contributed by atoms with Crippen LogP contribution in [0.3, 0.4) is 0 Å². The molecule has 2 heteroatoms. The molecule has 0 saturated heterocycles. The van der Waals surface area contributed by atoms with Crippen LogP contribution in [0.15, 0.2) is 54.6 Å². The zero-order valence-corrected chi connectivity index (χ0v) is 12.4. The van der Waals surface area contributed by atoms with Gasteiger partial charge in [0.1, 0.15) is 0 Å². The zero-order chi connectivity index (χ0) is 14.9. The maximum Gasteiger partial charge on any atom is 0.338 e. The van der Waals surface area contributed by atoms with Crippen LogP contribution in [0.25, 0.3) is 11.1 Å². The second kappa shape index (κ2) is 3.70. The first kappa shape index (κ1) is 12.2. The third kappa shape index (κ3) is 1.17. The molecule has 0 N–H and O–H groups in total. The third-order valence-corrected chi connectivity index (χ3v) is 5.77. The highest BCUT2D eigenvalue weighted by atomic mass is 16.5. The molecule has 1 fully saturated rings. The highest BCUT2D eigenvalue weighted by molar-refractivity contribution is 6.04. The van der Waals surface area contributed by atoms with Crippen LogP contribution in [0.4, 0.5) is 0 Å². The number of carbonyl (C=O) groups excluding carboxylic acids is 1. The molecule has 22 heavy (non-hydrogen) atoms. The smallest absolute Gasteiger partial charge is 0.338 e. The van der Waals surface area contributed by atoms with E-state index in [1.165, 1.54) is 30.2 Å². The van der Waals surface area contributed by atoms with Crippen LogP contribution in [0.5, 0.6) is 0 Å². The Bertz CT molecular complexity index is 860. The largest absolute Gasteiger partial charge is 0.465 e. The Morgan fingerprint density at radius 1 is 1.09 bits per heavy atom. The lowest BCUT2D eigenvalue weighted by atomic mass is 9.86. The third-order valence-electron chi connectivity index (χ3n) is 5.77. The van der Waals surface area contributed by atoms with Crippen molar-refractivity contribution in [2.24, 2.45) is 5.41 Å². The Hall–Kier alpha value is -2.35. The summed E-state index contributed by atoms with van der Waals surface area (Å²) >= 11 is 0. The SMILES string of the molecule is COC(=O)c1c2cccccc-2c2c1CC13C=CC=CC21C3. The van der Waals surface area contributed by atoms with Gasteiger partial charge in [-0.25, -0.2) is 4.79 Å². The first-order valence-corrected chi connectivity index (χ1v) is 7.72. The van der Waals surface area contributed by atoms with Crippen molar-refractivity contribution in [3.8, 4) is 11.1 Å². The van der Waals surface area contributed by atoms with Gasteiger partial charge in [0.25, 0.3) is 0 Å². The molecule has 5 aliphatic rings. The first-order valence-electron chi connectivity index (χ1n) is 7.72. The topological polar surface area (TPSA) is 26.3 Å². The number of esters is 1. The highest BCUT2D eigenvalue weighted by Crippen LogP contribution is 2.76. The Kier molecular flexibility index (Phi) is 2.05. The van der Waals surface area contributed by atoms with Crippen molar-refractivity contribution in [3.05, 3.63) is 71.3 Å². The van der Waals surface area contributed by atoms with E-state index in [1.807, 2.05) is 18.2 Å². The molecule has 0 heterocycles. The van der Waals surface area contributed by atoms with E-state index in [9.17, 15) is 4.79 Å². The summed E-state index contributed by atoms with van der Waals surface area (Å²) in [6.07, 6.45) is 11.1. The molecule has 0 spiro atoms. The van der Waals surface area contributed by atoms with Crippen molar-refractivity contribution >= 4 is 5.97 Å². The maximum atomic E-state index is 12.4. The number of hydrogen-bond donors (Lipinski definition) is 0. The summed E-state index contributed by atoms with van der Waals surface area (Å²) in [6, 6.07) is 10.3. The number of ether oxygens (including phenoxy) is 1. The molecular weight excluding hydrogens is 272 g/mol. The van der Waals surface area contributed by atoms with E-state index in [0.29, 0.717) is 0 Å². The number of hydrogen-bond acceptors (Lipinski definition) is 2. The molecule has 2 atom stereocenters. The number of allylic oxidation sites excluding steroid dienone is 4. The second-order valence-electron chi connectivity index (χ2n) is 6.66. The molecule has 0 radical (unpaired) electrons. The molecule has 0 aromatic rings. The average molecular weight is 288 g/mol. The summed E-state index contributed by atoms with van der Waals surface area (Å²) < 4.78 is 5.08. The summed E-state index contributed by atoms with van der Waals surface area (Å²) in [6.45, 7) is 0. The Morgan fingerprint density at radius 3 is 2.68 bits per heavy atom. The molecule has 0 aromatic carbocycles. The fourth-order valence-corrected chi connectivity index (χ4v) is 4.82. The van der Waals surface area contributed by atoms with Crippen LogP contribution < -0.4 is 0 Å². The fraction of sp³-hybridized carbons (Fsp3) is 0.250. The summed E-state index contributed by atoms with van der Waals surface area (Å²) in [5.74, 6) is -0.212. The van der Waals surface area contributed by atoms with Gasteiger partial charge in [0.2, 0.25) is 0 Å². The van der Waals surface area contributed by atoms with E-state index < -0.39 is 0 Å². The molecule has 108 valence electrons. The lowest BCUT2D eigenvalue weighted by Crippen LogP contribution is -2.12. The lowest BCUT2D eigenvalue weighted by molar-refractivity contribution is 0.0601. The van der Waals surface area contributed by atoms with E-state index >= 15 is 0 Å². The summed E-state index contributed by atoms with van der Waals surface area (Å²) in [4.78, 5) is 12.4. The molecular formula is C20H16O2. The molecule has 2 nitrogen and oxygen atoms in total. The molecule has 5 aliphatic carbocycles. The van der Waals surface area contributed by atoms with Crippen LogP contribution in [-0.2, 0) is 16.6 Å². The standard InChI is InChI=1S/C20H16O2/c1-22-18(21)16-13-7-3-2-4-8-14(13)17-15(16)11-19-9-5-6-10-20(17,19)12-19/h2-10H,11-12H2,1H3. The van der Waals surface area contributed by atoms with E-state index in [4.69, 9.17) is 4.74 Å². The number of rotatable bonds is 1. The Labute approximate surface area is 129 Å². The number of fused-ring (bicyclic) bond motifs is 3. The maximum absolute atomic E-state index is 12.4. The van der Waals surface area contributed by atoms with Crippen molar-refractivity contribution in [1.82, 2.24) is 0 Å². The van der Waals surface area contributed by atoms with E-state index in [-0.39, 0.29) is 16.8 Å². The van der Waals surface area contributed by atoms with Crippen LogP contribution >= 0.6 is 0 Å². The van der Waals surface area contributed by atoms with Crippen molar-refractivity contribution in [2.45, 2.75) is 18.3 Å². The summed E-state index contributed by atoms with van der Waals surface area (Å²) in [5.41, 5.74) is 5.89. The highest BCUT2D eigenvalue weighted by Gasteiger charge is 2.71. The van der Waals surface area contributed by atoms with Gasteiger partial charge in [-0.15, -0.1) is 0 Å². The van der Waals surface area contributed by atoms with Gasteiger partial charge >= 0.3 is 5.97 Å². The predicted molar refractivity (Wildman–Crippen MR) is 85.1 cm³/mol. The second-order valence-corrected chi connectivity index (χ2v) is 6.66. The van der Waals surface area contributed by atoms with Gasteiger partial charge in [0.05, 0.1) is 12.7 Å². The monoisotopic (exact) mass is 288 g/mol. The number of carbonyl (C=O) groups is 1. The van der Waals surface area contributed by atoms with Crippen LogP contribution in [0, 0.1) is 5.41 Å². The summed E-state index contributed by atoms with van der Waals surface area (Å²) in [5, 5.41) is 0. The molecule has 0 aliphatic heterocycles. The molecule has 0 bridgehead atoms. The van der Waals surface area contributed by atoms with E-state index in [1.54, 1.807) is 0 Å². The fourth-order valence-electron chi connectivity index (χ4n) is 4.82. The van der Waals surface area contributed by atoms with Gasteiger partial charge in [0.15, 0.2) is 0 Å². The average Bonchev–Trinajstić information content (AvgIpc) is 3.08. The zero-order valence-electron chi connectivity index (χ0n) is 12.4. The quantitative estimate of drug-likeness (QED) is 0.744. The number of methoxy groups -OCH3 is 1. The normalized spacial score (nSPS) is 29.9. The van der Waals surface area contributed by atoms with Gasteiger partial charge in [-0.2, -0.15) is 0 Å². The van der Waals surface area contributed by atoms with Gasteiger partial charge in [-0.3, -0.25) is 0 Å². The Morgan fingerprint density at radius 2 is 1.86 bits per heavy atom. The van der Waals surface area contributed by atoms with Crippen LogP contribution in [0.2, 0.25) is 0 Å². The van der Waals surface area contributed by atoms with Gasteiger partial charge in [-0.1, -0.05) is 54.6 Å². The lowest BCUT2D eigenvalue weighted by Gasteiger charge is -2.17. The predicted octanol–water partition coefficient (Wildman–Crippen LogP) is 3.89. The molecule has 1 saturated carbocycles. The minimum Gasteiger partial charge on any atom is -0.465 e. The van der Waals surface area contributed by atoms with E-state index in [0.717, 1.165) is 17.5 Å². The van der Waals surface area contributed by atoms with Gasteiger partial charge < -0.3 is 4.74 Å². The molecule has 0 amide bonds. The van der Waals surface area contributed by atoms with Crippen LogP contribution in [-0.4, -0.2) is 13.1 Å². The minimum atomic E-state index is -0.212. The molecule has 5 rings (SSSR count). The molecule has 2 unspecified atom stereocenters. The first-order chi connectivity index (χ1) is 10.7. The summed E-state index contributed by atoms with van der Waals surface area (Å²) in [7, 11) is 1.47. The van der Waals surface area contributed by atoms with Crippen LogP contribution in [0.1, 0.15) is 27.9 Å². The van der Waals surface area contributed by atoms with Gasteiger partial charge in [0, 0.05) is 10.8 Å². The molecule has 0 aromatic heterocycles. The van der Waals surface area contributed by atoms with Crippen molar-refractivity contribution < 1.29 is 9.53 Å². The van der Waals surface area contributed by atoms with Gasteiger partial charge in [-0.05, 0) is 35.1 Å². The van der Waals surface area contributed by atoms with Crippen molar-refractivity contribution in [1.29, 1.82) is 0 Å². The van der Waals surface area contributed by atoms with E-state index in [2.05, 4.69) is 36.4 Å². The van der Waals surface area contributed by atoms with Crippen molar-refractivity contribution in [2.75, 3.05) is 7.11 Å². The Balaban J connectivity index is 1.87. The van der Waals surface area contributed by atoms with Crippen molar-refractivity contribution in [3.63, 3.8) is 0 Å².